The highest BCUT2D eigenvalue weighted by molar-refractivity contribution is 5.96. The normalized spacial score (nSPS) is 10.6. The van der Waals surface area contributed by atoms with Gasteiger partial charge in [-0.15, -0.1) is 6.58 Å². The van der Waals surface area contributed by atoms with Crippen LogP contribution in [0.25, 0.3) is 6.08 Å². The monoisotopic (exact) mass is 379 g/mol. The predicted molar refractivity (Wildman–Crippen MR) is 106 cm³/mol. The molecule has 0 fully saturated rings. The Balaban J connectivity index is 2.10. The number of aliphatic carboxylic acids is 1. The van der Waals surface area contributed by atoms with Gasteiger partial charge in [0.1, 0.15) is 42.1 Å². The van der Waals surface area contributed by atoms with Crippen LogP contribution in [-0.4, -0.2) is 31.4 Å². The van der Waals surface area contributed by atoms with Crippen molar-refractivity contribution in [1.82, 2.24) is 0 Å². The standard InChI is InChI=1S/C22H21NO5/c1-3-6-16-7-4-5-8-20(16)27-11-12-28-21-14-19(26-2)10-9-17(21)13-18(15-23)22(24)25/h3-5,7-10,13-14H,1,6,11-12H2,2H3,(H,24,25). The maximum absolute atomic E-state index is 11.1. The van der Waals surface area contributed by atoms with Gasteiger partial charge in [0, 0.05) is 11.6 Å². The van der Waals surface area contributed by atoms with E-state index in [1.807, 2.05) is 30.3 Å². The molecular formula is C22H21NO5. The molecule has 2 aromatic carbocycles. The minimum absolute atomic E-state index is 0.228. The van der Waals surface area contributed by atoms with E-state index >= 15 is 0 Å². The topological polar surface area (TPSA) is 88.8 Å². The number of carbonyl (C=O) groups is 1. The van der Waals surface area contributed by atoms with Crippen LogP contribution in [0.3, 0.4) is 0 Å². The predicted octanol–water partition coefficient (Wildman–Crippen LogP) is 3.87. The molecule has 0 heterocycles. The summed E-state index contributed by atoms with van der Waals surface area (Å²) < 4.78 is 16.7. The minimum atomic E-state index is -1.30. The number of hydrogen-bond donors (Lipinski definition) is 1. The van der Waals surface area contributed by atoms with Crippen LogP contribution in [0.2, 0.25) is 0 Å². The van der Waals surface area contributed by atoms with Gasteiger partial charge in [-0.25, -0.2) is 4.79 Å². The number of methoxy groups -OCH3 is 1. The summed E-state index contributed by atoms with van der Waals surface area (Å²) in [6.45, 7) is 4.26. The number of ether oxygens (including phenoxy) is 3. The van der Waals surface area contributed by atoms with E-state index in [1.165, 1.54) is 13.2 Å². The number of para-hydroxylation sites is 1. The third-order valence-electron chi connectivity index (χ3n) is 3.81. The van der Waals surface area contributed by atoms with Crippen molar-refractivity contribution >= 4 is 12.0 Å². The molecule has 28 heavy (non-hydrogen) atoms. The lowest BCUT2D eigenvalue weighted by atomic mass is 10.1. The third kappa shape index (κ3) is 5.64. The summed E-state index contributed by atoms with van der Waals surface area (Å²) in [4.78, 5) is 11.1. The number of nitrogens with zero attached hydrogens (tertiary/aromatic N) is 1. The molecule has 0 radical (unpaired) electrons. The van der Waals surface area contributed by atoms with Crippen molar-refractivity contribution in [3.63, 3.8) is 0 Å². The van der Waals surface area contributed by atoms with E-state index in [4.69, 9.17) is 24.6 Å². The van der Waals surface area contributed by atoms with Crippen LogP contribution in [0.15, 0.2) is 60.7 Å². The molecule has 2 rings (SSSR count). The fourth-order valence-corrected chi connectivity index (χ4v) is 2.46. The summed E-state index contributed by atoms with van der Waals surface area (Å²) in [6, 6.07) is 14.3. The first kappa shape index (κ1) is 20.6. The van der Waals surface area contributed by atoms with Crippen LogP contribution in [0.1, 0.15) is 11.1 Å². The Bertz CT molecular complexity index is 911. The summed E-state index contributed by atoms with van der Waals surface area (Å²) in [6.07, 6.45) is 3.77. The molecule has 0 spiro atoms. The van der Waals surface area contributed by atoms with Crippen molar-refractivity contribution in [2.45, 2.75) is 6.42 Å². The molecule has 1 N–H and O–H groups in total. The number of benzene rings is 2. The summed E-state index contributed by atoms with van der Waals surface area (Å²) >= 11 is 0. The summed E-state index contributed by atoms with van der Waals surface area (Å²) in [5, 5.41) is 18.0. The Kier molecular flexibility index (Phi) is 7.67. The minimum Gasteiger partial charge on any atom is -0.497 e. The van der Waals surface area contributed by atoms with Gasteiger partial charge >= 0.3 is 5.97 Å². The first-order valence-electron chi connectivity index (χ1n) is 8.56. The van der Waals surface area contributed by atoms with Crippen molar-refractivity contribution < 1.29 is 24.1 Å². The highest BCUT2D eigenvalue weighted by Crippen LogP contribution is 2.27. The van der Waals surface area contributed by atoms with Gasteiger partial charge in [0.15, 0.2) is 0 Å². The van der Waals surface area contributed by atoms with E-state index < -0.39 is 5.97 Å². The quantitative estimate of drug-likeness (QED) is 0.292. The van der Waals surface area contributed by atoms with Gasteiger partial charge in [0.25, 0.3) is 0 Å². The lowest BCUT2D eigenvalue weighted by Crippen LogP contribution is -2.10. The first-order valence-corrected chi connectivity index (χ1v) is 8.56. The number of hydrogen-bond acceptors (Lipinski definition) is 5. The van der Waals surface area contributed by atoms with Crippen LogP contribution < -0.4 is 14.2 Å². The van der Waals surface area contributed by atoms with Gasteiger partial charge in [-0.3, -0.25) is 0 Å². The number of nitriles is 1. The van der Waals surface area contributed by atoms with Gasteiger partial charge < -0.3 is 19.3 Å². The molecule has 6 heteroatoms. The van der Waals surface area contributed by atoms with Crippen molar-refractivity contribution in [3.8, 4) is 23.3 Å². The Hall–Kier alpha value is -3.72. The van der Waals surface area contributed by atoms with E-state index in [0.29, 0.717) is 30.1 Å². The van der Waals surface area contributed by atoms with E-state index in [-0.39, 0.29) is 12.2 Å². The van der Waals surface area contributed by atoms with Crippen LogP contribution in [-0.2, 0) is 11.2 Å². The lowest BCUT2D eigenvalue weighted by molar-refractivity contribution is -0.132. The highest BCUT2D eigenvalue weighted by atomic mass is 16.5. The molecular weight excluding hydrogens is 358 g/mol. The van der Waals surface area contributed by atoms with E-state index in [0.717, 1.165) is 11.3 Å². The maximum atomic E-state index is 11.1. The van der Waals surface area contributed by atoms with Gasteiger partial charge in [-0.05, 0) is 36.3 Å². The van der Waals surface area contributed by atoms with Crippen molar-refractivity contribution in [2.75, 3.05) is 20.3 Å². The summed E-state index contributed by atoms with van der Waals surface area (Å²) in [5.74, 6) is 0.412. The second kappa shape index (κ2) is 10.4. The zero-order valence-electron chi connectivity index (χ0n) is 15.6. The summed E-state index contributed by atoms with van der Waals surface area (Å²) in [5.41, 5.74) is 1.11. The van der Waals surface area contributed by atoms with Crippen LogP contribution >= 0.6 is 0 Å². The smallest absolute Gasteiger partial charge is 0.346 e. The van der Waals surface area contributed by atoms with Crippen LogP contribution in [0, 0.1) is 11.3 Å². The maximum Gasteiger partial charge on any atom is 0.346 e. The number of carboxylic acids is 1. The molecule has 0 saturated heterocycles. The second-order valence-corrected chi connectivity index (χ2v) is 5.68. The largest absolute Gasteiger partial charge is 0.497 e. The average molecular weight is 379 g/mol. The molecule has 0 bridgehead atoms. The molecule has 0 saturated carbocycles. The van der Waals surface area contributed by atoms with Crippen molar-refractivity contribution in [1.29, 1.82) is 5.26 Å². The first-order chi connectivity index (χ1) is 13.6. The number of carboxylic acid groups (broad SMARTS) is 1. The van der Waals surface area contributed by atoms with Gasteiger partial charge in [-0.1, -0.05) is 24.3 Å². The fraction of sp³-hybridized carbons (Fsp3) is 0.182. The molecule has 0 unspecified atom stereocenters. The number of rotatable bonds is 10. The average Bonchev–Trinajstić information content (AvgIpc) is 2.71. The Morgan fingerprint density at radius 3 is 2.54 bits per heavy atom. The molecule has 0 aliphatic heterocycles. The van der Waals surface area contributed by atoms with Gasteiger partial charge in [0.2, 0.25) is 0 Å². The van der Waals surface area contributed by atoms with Crippen molar-refractivity contribution in [3.05, 3.63) is 71.8 Å². The van der Waals surface area contributed by atoms with Crippen molar-refractivity contribution in [2.24, 2.45) is 0 Å². The molecule has 0 amide bonds. The molecule has 0 aromatic heterocycles. The molecule has 144 valence electrons. The number of allylic oxidation sites excluding steroid dienone is 1. The van der Waals surface area contributed by atoms with Crippen LogP contribution in [0.4, 0.5) is 0 Å². The zero-order valence-corrected chi connectivity index (χ0v) is 15.6. The fourth-order valence-electron chi connectivity index (χ4n) is 2.46. The molecule has 0 aliphatic rings. The Morgan fingerprint density at radius 2 is 1.89 bits per heavy atom. The van der Waals surface area contributed by atoms with E-state index in [2.05, 4.69) is 6.58 Å². The Labute approximate surface area is 163 Å². The lowest BCUT2D eigenvalue weighted by Gasteiger charge is -2.13. The van der Waals surface area contributed by atoms with Gasteiger partial charge in [0.05, 0.1) is 7.11 Å². The van der Waals surface area contributed by atoms with E-state index in [1.54, 1.807) is 24.3 Å². The van der Waals surface area contributed by atoms with Gasteiger partial charge in [-0.2, -0.15) is 5.26 Å². The second-order valence-electron chi connectivity index (χ2n) is 5.68. The SMILES string of the molecule is C=CCc1ccccc1OCCOc1cc(OC)ccc1C=C(C#N)C(=O)O. The van der Waals surface area contributed by atoms with E-state index in [9.17, 15) is 4.79 Å². The summed E-state index contributed by atoms with van der Waals surface area (Å²) in [7, 11) is 1.52. The molecule has 2 aromatic rings. The Morgan fingerprint density at radius 1 is 1.18 bits per heavy atom. The molecule has 0 aliphatic carbocycles. The molecule has 6 nitrogen and oxygen atoms in total. The molecule has 0 atom stereocenters. The van der Waals surface area contributed by atoms with Crippen LogP contribution in [0.5, 0.6) is 17.2 Å². The third-order valence-corrected chi connectivity index (χ3v) is 3.81. The zero-order chi connectivity index (χ0) is 20.4. The highest BCUT2D eigenvalue weighted by Gasteiger charge is 2.10.